The summed E-state index contributed by atoms with van der Waals surface area (Å²) in [6.45, 7) is 3.10. The van der Waals surface area contributed by atoms with Gasteiger partial charge in [0, 0.05) is 16.6 Å². The van der Waals surface area contributed by atoms with E-state index in [9.17, 15) is 0 Å². The van der Waals surface area contributed by atoms with Crippen molar-refractivity contribution in [2.24, 2.45) is 0 Å². The molecule has 0 N–H and O–H groups in total. The number of nitrogens with zero attached hydrogens (tertiary/aromatic N) is 3. The molecule has 0 spiro atoms. The highest BCUT2D eigenvalue weighted by Crippen LogP contribution is 2.26. The molecule has 0 saturated heterocycles. The molecule has 0 aliphatic rings. The summed E-state index contributed by atoms with van der Waals surface area (Å²) in [7, 11) is 0. The van der Waals surface area contributed by atoms with Gasteiger partial charge in [-0.3, -0.25) is 0 Å². The van der Waals surface area contributed by atoms with Crippen LogP contribution in [0.3, 0.4) is 0 Å². The Morgan fingerprint density at radius 1 is 1.05 bits per heavy atom. The molecule has 3 aromatic rings. The summed E-state index contributed by atoms with van der Waals surface area (Å²) in [6.07, 6.45) is 1.06. The molecular formula is C16H15Br2N3. The number of benzene rings is 2. The SMILES string of the molecule is CCCn1c(CBr)nnc1-c1ccc2cc(Br)ccc2c1. The third kappa shape index (κ3) is 2.90. The normalized spacial score (nSPS) is 11.2. The molecule has 2 aromatic carbocycles. The van der Waals surface area contributed by atoms with Crippen LogP contribution in [-0.4, -0.2) is 14.8 Å². The summed E-state index contributed by atoms with van der Waals surface area (Å²) in [5, 5.41) is 11.8. The van der Waals surface area contributed by atoms with Crippen molar-refractivity contribution >= 4 is 42.6 Å². The second-order valence-corrected chi connectivity index (χ2v) is 6.41. The minimum Gasteiger partial charge on any atom is -0.310 e. The van der Waals surface area contributed by atoms with Crippen molar-refractivity contribution < 1.29 is 0 Å². The van der Waals surface area contributed by atoms with Gasteiger partial charge in [0.05, 0.1) is 5.33 Å². The largest absolute Gasteiger partial charge is 0.310 e. The van der Waals surface area contributed by atoms with E-state index >= 15 is 0 Å². The fourth-order valence-corrected chi connectivity index (χ4v) is 3.26. The van der Waals surface area contributed by atoms with Crippen molar-refractivity contribution in [3.63, 3.8) is 0 Å². The first-order valence-corrected chi connectivity index (χ1v) is 8.82. The van der Waals surface area contributed by atoms with E-state index < -0.39 is 0 Å². The van der Waals surface area contributed by atoms with Gasteiger partial charge in [-0.2, -0.15) is 0 Å². The first kappa shape index (κ1) is 14.7. The fraction of sp³-hybridized carbons (Fsp3) is 0.250. The third-order valence-electron chi connectivity index (χ3n) is 3.45. The van der Waals surface area contributed by atoms with Crippen molar-refractivity contribution in [1.29, 1.82) is 0 Å². The molecule has 0 aliphatic carbocycles. The summed E-state index contributed by atoms with van der Waals surface area (Å²) in [6, 6.07) is 12.7. The predicted molar refractivity (Wildman–Crippen MR) is 93.6 cm³/mol. The molecule has 1 heterocycles. The van der Waals surface area contributed by atoms with Gasteiger partial charge in [0.25, 0.3) is 0 Å². The number of halogens is 2. The van der Waals surface area contributed by atoms with Crippen molar-refractivity contribution in [3.8, 4) is 11.4 Å². The lowest BCUT2D eigenvalue weighted by Gasteiger charge is -2.08. The number of aromatic nitrogens is 3. The molecule has 0 amide bonds. The van der Waals surface area contributed by atoms with Gasteiger partial charge >= 0.3 is 0 Å². The summed E-state index contributed by atoms with van der Waals surface area (Å²) in [4.78, 5) is 0. The van der Waals surface area contributed by atoms with E-state index in [0.29, 0.717) is 0 Å². The molecule has 0 aliphatic heterocycles. The third-order valence-corrected chi connectivity index (χ3v) is 4.45. The molecule has 1 aromatic heterocycles. The standard InChI is InChI=1S/C16H15Br2N3/c1-2-7-21-15(10-17)19-20-16(21)13-4-3-12-9-14(18)6-5-11(12)8-13/h3-6,8-9H,2,7,10H2,1H3. The number of fused-ring (bicyclic) bond motifs is 1. The van der Waals surface area contributed by atoms with Gasteiger partial charge in [-0.25, -0.2) is 0 Å². The number of hydrogen-bond donors (Lipinski definition) is 0. The Labute approximate surface area is 140 Å². The zero-order chi connectivity index (χ0) is 14.8. The molecule has 0 fully saturated rings. The lowest BCUT2D eigenvalue weighted by molar-refractivity contribution is 0.661. The van der Waals surface area contributed by atoms with Gasteiger partial charge in [-0.15, -0.1) is 10.2 Å². The van der Waals surface area contributed by atoms with Gasteiger partial charge in [0.1, 0.15) is 5.82 Å². The molecule has 3 nitrogen and oxygen atoms in total. The second kappa shape index (κ2) is 6.28. The minimum atomic E-state index is 0.723. The fourth-order valence-electron chi connectivity index (χ4n) is 2.46. The number of hydrogen-bond acceptors (Lipinski definition) is 2. The van der Waals surface area contributed by atoms with Crippen LogP contribution in [0, 0.1) is 0 Å². The van der Waals surface area contributed by atoms with E-state index in [1.54, 1.807) is 0 Å². The van der Waals surface area contributed by atoms with Gasteiger partial charge < -0.3 is 4.57 Å². The molecule has 21 heavy (non-hydrogen) atoms. The van der Waals surface area contributed by atoms with Crippen LogP contribution >= 0.6 is 31.9 Å². The zero-order valence-corrected chi connectivity index (χ0v) is 14.9. The zero-order valence-electron chi connectivity index (χ0n) is 11.7. The Kier molecular flexibility index (Phi) is 4.40. The molecule has 0 bridgehead atoms. The molecule has 108 valence electrons. The van der Waals surface area contributed by atoms with Crippen LogP contribution < -0.4 is 0 Å². The molecule has 3 rings (SSSR count). The Morgan fingerprint density at radius 2 is 1.81 bits per heavy atom. The minimum absolute atomic E-state index is 0.723. The van der Waals surface area contributed by atoms with E-state index in [2.05, 4.69) is 89.9 Å². The number of alkyl halides is 1. The Morgan fingerprint density at radius 3 is 2.57 bits per heavy atom. The van der Waals surface area contributed by atoms with Crippen LogP contribution in [0.5, 0.6) is 0 Å². The van der Waals surface area contributed by atoms with Crippen LogP contribution in [0.25, 0.3) is 22.2 Å². The second-order valence-electron chi connectivity index (χ2n) is 4.93. The van der Waals surface area contributed by atoms with Gasteiger partial charge in [-0.1, -0.05) is 57.0 Å². The van der Waals surface area contributed by atoms with Crippen LogP contribution in [0.15, 0.2) is 40.9 Å². The van der Waals surface area contributed by atoms with E-state index in [4.69, 9.17) is 0 Å². The lowest BCUT2D eigenvalue weighted by Crippen LogP contribution is -2.03. The van der Waals surface area contributed by atoms with E-state index in [0.717, 1.165) is 40.0 Å². The first-order valence-electron chi connectivity index (χ1n) is 6.90. The maximum absolute atomic E-state index is 4.37. The summed E-state index contributed by atoms with van der Waals surface area (Å²) in [5.74, 6) is 1.92. The molecule has 5 heteroatoms. The maximum atomic E-state index is 4.37. The first-order chi connectivity index (χ1) is 10.2. The molecule has 0 saturated carbocycles. The molecule has 0 unspecified atom stereocenters. The topological polar surface area (TPSA) is 30.7 Å². The number of rotatable bonds is 4. The van der Waals surface area contributed by atoms with Crippen molar-refractivity contribution in [1.82, 2.24) is 14.8 Å². The highest BCUT2D eigenvalue weighted by molar-refractivity contribution is 9.10. The van der Waals surface area contributed by atoms with Crippen LogP contribution in [0.2, 0.25) is 0 Å². The lowest BCUT2D eigenvalue weighted by atomic mass is 10.1. The quantitative estimate of drug-likeness (QED) is 0.557. The average Bonchev–Trinajstić information content (AvgIpc) is 2.90. The average molecular weight is 409 g/mol. The van der Waals surface area contributed by atoms with Gasteiger partial charge in [-0.05, 0) is 35.4 Å². The van der Waals surface area contributed by atoms with Gasteiger partial charge in [0.15, 0.2) is 5.82 Å². The highest BCUT2D eigenvalue weighted by Gasteiger charge is 2.12. The smallest absolute Gasteiger partial charge is 0.164 e. The summed E-state index contributed by atoms with van der Waals surface area (Å²) < 4.78 is 3.29. The van der Waals surface area contributed by atoms with Crippen molar-refractivity contribution in [2.75, 3.05) is 0 Å². The monoisotopic (exact) mass is 407 g/mol. The maximum Gasteiger partial charge on any atom is 0.164 e. The highest BCUT2D eigenvalue weighted by atomic mass is 79.9. The van der Waals surface area contributed by atoms with Crippen molar-refractivity contribution in [2.45, 2.75) is 25.2 Å². The Hall–Kier alpha value is -1.20. The van der Waals surface area contributed by atoms with E-state index in [-0.39, 0.29) is 0 Å². The van der Waals surface area contributed by atoms with E-state index in [1.165, 1.54) is 10.8 Å². The van der Waals surface area contributed by atoms with Crippen LogP contribution in [0.4, 0.5) is 0 Å². The van der Waals surface area contributed by atoms with Crippen LogP contribution in [0.1, 0.15) is 19.2 Å². The summed E-state index contributed by atoms with van der Waals surface area (Å²) in [5.41, 5.74) is 1.11. The Balaban J connectivity index is 2.11. The van der Waals surface area contributed by atoms with Crippen LogP contribution in [-0.2, 0) is 11.9 Å². The molecule has 0 atom stereocenters. The molecular weight excluding hydrogens is 394 g/mol. The van der Waals surface area contributed by atoms with Crippen molar-refractivity contribution in [3.05, 3.63) is 46.7 Å². The molecule has 0 radical (unpaired) electrons. The summed E-state index contributed by atoms with van der Waals surface area (Å²) >= 11 is 6.99. The van der Waals surface area contributed by atoms with Gasteiger partial charge in [0.2, 0.25) is 0 Å². The van der Waals surface area contributed by atoms with E-state index in [1.807, 2.05) is 0 Å². The Bertz CT molecular complexity index is 780. The predicted octanol–water partition coefficient (Wildman–Crippen LogP) is 5.17.